The minimum Gasteiger partial charge on any atom is -0.322 e. The minimum absolute atomic E-state index is 0.116. The Hall–Kier alpha value is -4.87. The first-order valence-electron chi connectivity index (χ1n) is 11.8. The van der Waals surface area contributed by atoms with Crippen molar-refractivity contribution in [2.24, 2.45) is 0 Å². The summed E-state index contributed by atoms with van der Waals surface area (Å²) in [6.45, 7) is 4.19. The van der Waals surface area contributed by atoms with Crippen LogP contribution in [0.4, 0.5) is 5.69 Å². The Morgan fingerprint density at radius 1 is 1.14 bits per heavy atom. The number of hydrogen-bond donors (Lipinski definition) is 2. The van der Waals surface area contributed by atoms with Gasteiger partial charge in [-0.1, -0.05) is 11.3 Å². The molecule has 0 bridgehead atoms. The molecule has 1 unspecified atom stereocenters. The van der Waals surface area contributed by atoms with E-state index in [-0.39, 0.29) is 30.5 Å². The average Bonchev–Trinajstić information content (AvgIpc) is 3.60. The number of imide groups is 1. The molecule has 2 N–H and O–H groups in total. The van der Waals surface area contributed by atoms with Crippen LogP contribution in [-0.4, -0.2) is 59.2 Å². The van der Waals surface area contributed by atoms with Crippen molar-refractivity contribution in [3.05, 3.63) is 70.8 Å². The summed E-state index contributed by atoms with van der Waals surface area (Å²) in [4.78, 5) is 51.0. The lowest BCUT2D eigenvalue weighted by Gasteiger charge is -2.29. The lowest BCUT2D eigenvalue weighted by Crippen LogP contribution is -2.52. The summed E-state index contributed by atoms with van der Waals surface area (Å²) < 4.78 is 3.23. The number of benzene rings is 1. The maximum absolute atomic E-state index is 12.9. The van der Waals surface area contributed by atoms with Crippen LogP contribution in [0.25, 0.3) is 11.2 Å². The third-order valence-corrected chi connectivity index (χ3v) is 6.93. The maximum Gasteiger partial charge on any atom is 0.277 e. The van der Waals surface area contributed by atoms with Crippen molar-refractivity contribution in [1.29, 1.82) is 0 Å². The van der Waals surface area contributed by atoms with Crippen molar-refractivity contribution < 1.29 is 19.2 Å². The van der Waals surface area contributed by atoms with E-state index in [1.54, 1.807) is 28.9 Å². The van der Waals surface area contributed by atoms with Crippen molar-refractivity contribution >= 4 is 34.8 Å². The molecule has 186 valence electrons. The van der Waals surface area contributed by atoms with Crippen LogP contribution in [0.3, 0.4) is 0 Å². The summed E-state index contributed by atoms with van der Waals surface area (Å²) in [5, 5.41) is 17.6. The highest BCUT2D eigenvalue weighted by atomic mass is 16.2. The summed E-state index contributed by atoms with van der Waals surface area (Å²) in [5.41, 5.74) is 5.36. The number of nitrogens with zero attached hydrogens (tertiary/aromatic N) is 6. The van der Waals surface area contributed by atoms with E-state index in [9.17, 15) is 19.2 Å². The van der Waals surface area contributed by atoms with E-state index in [1.807, 2.05) is 26.0 Å². The van der Waals surface area contributed by atoms with Gasteiger partial charge in [0.25, 0.3) is 11.8 Å². The number of carbonyl (C=O) groups excluding carboxylic acids is 4. The fourth-order valence-electron chi connectivity index (χ4n) is 4.76. The number of pyridine rings is 1. The predicted molar refractivity (Wildman–Crippen MR) is 130 cm³/mol. The van der Waals surface area contributed by atoms with Crippen molar-refractivity contribution in [2.45, 2.75) is 39.3 Å². The largest absolute Gasteiger partial charge is 0.322 e. The monoisotopic (exact) mass is 498 g/mol. The second-order valence-electron chi connectivity index (χ2n) is 9.20. The van der Waals surface area contributed by atoms with Gasteiger partial charge in [0.05, 0.1) is 29.3 Å². The molecule has 1 aromatic carbocycles. The van der Waals surface area contributed by atoms with Gasteiger partial charge in [0.15, 0.2) is 5.69 Å². The van der Waals surface area contributed by atoms with Gasteiger partial charge >= 0.3 is 0 Å². The van der Waals surface area contributed by atoms with Crippen LogP contribution in [0.2, 0.25) is 0 Å². The first kappa shape index (κ1) is 22.6. The summed E-state index contributed by atoms with van der Waals surface area (Å²) in [5.74, 6) is -1.47. The Labute approximate surface area is 210 Å². The van der Waals surface area contributed by atoms with E-state index in [2.05, 4.69) is 26.0 Å². The first-order chi connectivity index (χ1) is 17.8. The van der Waals surface area contributed by atoms with Gasteiger partial charge in [0.2, 0.25) is 11.8 Å². The van der Waals surface area contributed by atoms with Crippen LogP contribution in [0.15, 0.2) is 42.7 Å². The van der Waals surface area contributed by atoms with E-state index in [0.717, 1.165) is 22.3 Å². The van der Waals surface area contributed by atoms with Crippen molar-refractivity contribution in [3.8, 4) is 5.69 Å². The molecular weight excluding hydrogens is 476 g/mol. The molecule has 6 rings (SSSR count). The predicted octanol–water partition coefficient (Wildman–Crippen LogP) is 1.55. The average molecular weight is 499 g/mol. The number of piperidine rings is 1. The lowest BCUT2D eigenvalue weighted by atomic mass is 10.0. The van der Waals surface area contributed by atoms with Gasteiger partial charge in [-0.2, -0.15) is 5.10 Å². The second-order valence-corrected chi connectivity index (χ2v) is 9.20. The molecule has 12 nitrogen and oxygen atoms in total. The summed E-state index contributed by atoms with van der Waals surface area (Å²) in [6.07, 6.45) is 3.59. The highest BCUT2D eigenvalue weighted by Gasteiger charge is 2.39. The van der Waals surface area contributed by atoms with E-state index in [4.69, 9.17) is 0 Å². The highest BCUT2D eigenvalue weighted by molar-refractivity contribution is 6.06. The normalized spacial score (nSPS) is 17.3. The molecular formula is C25H22N8O4. The van der Waals surface area contributed by atoms with Gasteiger partial charge in [-0.15, -0.1) is 5.10 Å². The molecule has 1 fully saturated rings. The van der Waals surface area contributed by atoms with Crippen molar-refractivity contribution in [3.63, 3.8) is 0 Å². The van der Waals surface area contributed by atoms with Crippen molar-refractivity contribution in [1.82, 2.24) is 34.8 Å². The molecule has 0 aliphatic carbocycles. The van der Waals surface area contributed by atoms with Gasteiger partial charge in [0.1, 0.15) is 6.04 Å². The van der Waals surface area contributed by atoms with Crippen molar-refractivity contribution in [2.75, 3.05) is 5.32 Å². The molecule has 1 saturated heterocycles. The first-order valence-corrected chi connectivity index (χ1v) is 11.8. The lowest BCUT2D eigenvalue weighted by molar-refractivity contribution is -0.136. The molecule has 0 radical (unpaired) electrons. The standard InChI is InChI=1S/C25H22N8O4/c1-13-3-6-20-18(10-26-33(20)14(13)2)27-23(35)19-12-32(30-29-19)16-4-5-17-15(9-16)11-31(25(17)37)21-7-8-22(34)28-24(21)36/h3-6,9-10,12,21H,7-8,11H2,1-2H3,(H,27,35)(H,28,34,36). The van der Waals surface area contributed by atoms with Crippen LogP contribution in [-0.2, 0) is 16.1 Å². The molecule has 12 heteroatoms. The summed E-state index contributed by atoms with van der Waals surface area (Å²) in [7, 11) is 0. The Bertz CT molecular complexity index is 1630. The van der Waals surface area contributed by atoms with E-state index in [0.29, 0.717) is 23.4 Å². The van der Waals surface area contributed by atoms with E-state index in [1.165, 1.54) is 15.8 Å². The van der Waals surface area contributed by atoms with E-state index < -0.39 is 17.9 Å². The zero-order valence-electron chi connectivity index (χ0n) is 20.1. The molecule has 4 aromatic rings. The Morgan fingerprint density at radius 2 is 1.97 bits per heavy atom. The molecule has 0 spiro atoms. The number of nitrogens with one attached hydrogen (secondary N) is 2. The number of rotatable bonds is 4. The molecule has 0 saturated carbocycles. The Morgan fingerprint density at radius 3 is 2.78 bits per heavy atom. The SMILES string of the molecule is Cc1ccc2c(NC(=O)c3cn(-c4ccc5c(c4)CN(C4CCC(=O)NC4=O)C5=O)nn3)cnn2c1C. The van der Waals surface area contributed by atoms with Gasteiger partial charge in [-0.25, -0.2) is 9.20 Å². The zero-order chi connectivity index (χ0) is 25.8. The molecule has 1 atom stereocenters. The van der Waals surface area contributed by atoms with Crippen LogP contribution < -0.4 is 10.6 Å². The smallest absolute Gasteiger partial charge is 0.277 e. The fourth-order valence-corrected chi connectivity index (χ4v) is 4.76. The molecule has 37 heavy (non-hydrogen) atoms. The van der Waals surface area contributed by atoms with Crippen LogP contribution >= 0.6 is 0 Å². The molecule has 2 aliphatic rings. The molecule has 2 aliphatic heterocycles. The van der Waals surface area contributed by atoms with Crippen LogP contribution in [0.1, 0.15) is 50.5 Å². The molecule has 4 amide bonds. The van der Waals surface area contributed by atoms with Gasteiger partial charge < -0.3 is 10.2 Å². The number of hydrogen-bond acceptors (Lipinski definition) is 7. The summed E-state index contributed by atoms with van der Waals surface area (Å²) in [6, 6.07) is 8.34. The number of aryl methyl sites for hydroxylation is 2. The van der Waals surface area contributed by atoms with Gasteiger partial charge in [0, 0.05) is 24.2 Å². The second kappa shape index (κ2) is 8.36. The molecule has 3 aromatic heterocycles. The third-order valence-electron chi connectivity index (χ3n) is 6.93. The van der Waals surface area contributed by atoms with Gasteiger partial charge in [-0.05, 0) is 55.7 Å². The van der Waals surface area contributed by atoms with Crippen LogP contribution in [0, 0.1) is 13.8 Å². The molecule has 5 heterocycles. The van der Waals surface area contributed by atoms with Gasteiger partial charge in [-0.3, -0.25) is 24.5 Å². The number of amides is 4. The fraction of sp³-hybridized carbons (Fsp3) is 0.240. The third kappa shape index (κ3) is 3.73. The van der Waals surface area contributed by atoms with Crippen LogP contribution in [0.5, 0.6) is 0 Å². The topological polar surface area (TPSA) is 144 Å². The van der Waals surface area contributed by atoms with E-state index >= 15 is 0 Å². The maximum atomic E-state index is 12.9. The summed E-state index contributed by atoms with van der Waals surface area (Å²) >= 11 is 0. The zero-order valence-corrected chi connectivity index (χ0v) is 20.1. The number of fused-ring (bicyclic) bond motifs is 2. The Balaban J connectivity index is 1.20. The Kier molecular flexibility index (Phi) is 5.10. The minimum atomic E-state index is -0.685. The number of anilines is 1. The number of carbonyl (C=O) groups is 4. The number of aromatic nitrogens is 5. The quantitative estimate of drug-likeness (QED) is 0.406. The highest BCUT2D eigenvalue weighted by Crippen LogP contribution is 2.29.